The maximum Gasteiger partial charge on any atom is 0.262 e. The van der Waals surface area contributed by atoms with Gasteiger partial charge in [-0.05, 0) is 35.2 Å². The van der Waals surface area contributed by atoms with E-state index in [4.69, 9.17) is 0 Å². The predicted octanol–water partition coefficient (Wildman–Crippen LogP) is 4.35. The molecular formula is C27H29BrN6O2S. The molecule has 0 saturated heterocycles. The average molecular weight is 582 g/mol. The van der Waals surface area contributed by atoms with Crippen molar-refractivity contribution in [1.82, 2.24) is 23.4 Å². The number of rotatable bonds is 8. The van der Waals surface area contributed by atoms with Crippen LogP contribution in [0, 0.1) is 0 Å². The molecule has 1 aliphatic heterocycles. The lowest BCUT2D eigenvalue weighted by Crippen LogP contribution is -2.51. The van der Waals surface area contributed by atoms with Gasteiger partial charge in [0.05, 0.1) is 24.9 Å². The van der Waals surface area contributed by atoms with E-state index in [2.05, 4.69) is 67.7 Å². The van der Waals surface area contributed by atoms with Crippen molar-refractivity contribution < 1.29 is 8.42 Å². The summed E-state index contributed by atoms with van der Waals surface area (Å²) < 4.78 is 33.3. The molecule has 0 spiro atoms. The average Bonchev–Trinajstić information content (AvgIpc) is 3.50. The Labute approximate surface area is 226 Å². The molecule has 0 aliphatic carbocycles. The zero-order chi connectivity index (χ0) is 26.2. The molecule has 0 saturated carbocycles. The summed E-state index contributed by atoms with van der Waals surface area (Å²) in [5.41, 5.74) is 5.33. The van der Waals surface area contributed by atoms with Gasteiger partial charge in [0.1, 0.15) is 0 Å². The number of sulfonamides is 1. The summed E-state index contributed by atoms with van der Waals surface area (Å²) in [5.74, 6) is 0. The normalized spacial score (nSPS) is 15.7. The number of anilines is 1. The molecule has 0 radical (unpaired) electrons. The Kier molecular flexibility index (Phi) is 7.06. The van der Waals surface area contributed by atoms with E-state index in [1.807, 2.05) is 36.0 Å². The quantitative estimate of drug-likeness (QED) is 0.309. The molecule has 2 aromatic heterocycles. The number of aromatic nitrogens is 4. The van der Waals surface area contributed by atoms with Crippen LogP contribution in [0.3, 0.4) is 0 Å². The van der Waals surface area contributed by atoms with Gasteiger partial charge in [0, 0.05) is 55.8 Å². The summed E-state index contributed by atoms with van der Waals surface area (Å²) in [6.45, 7) is 5.18. The molecule has 3 heterocycles. The monoisotopic (exact) mass is 580 g/mol. The first kappa shape index (κ1) is 25.4. The Balaban J connectivity index is 1.57. The highest BCUT2D eigenvalue weighted by molar-refractivity contribution is 9.11. The van der Waals surface area contributed by atoms with Crippen molar-refractivity contribution in [2.45, 2.75) is 24.0 Å². The number of benzene rings is 2. The van der Waals surface area contributed by atoms with Crippen LogP contribution in [0.2, 0.25) is 0 Å². The zero-order valence-electron chi connectivity index (χ0n) is 20.8. The van der Waals surface area contributed by atoms with Gasteiger partial charge in [0.2, 0.25) is 0 Å². The summed E-state index contributed by atoms with van der Waals surface area (Å²) in [7, 11) is -0.165. The first-order valence-corrected chi connectivity index (χ1v) is 14.2. The lowest BCUT2D eigenvalue weighted by Gasteiger charge is -2.40. The number of hydrogen-bond donors (Lipinski definition) is 0. The highest BCUT2D eigenvalue weighted by Crippen LogP contribution is 2.35. The number of aryl methyl sites for hydroxylation is 2. The van der Waals surface area contributed by atoms with Gasteiger partial charge < -0.3 is 14.0 Å². The summed E-state index contributed by atoms with van der Waals surface area (Å²) in [6, 6.07) is 16.3. The Bertz CT molecular complexity index is 1530. The van der Waals surface area contributed by atoms with Gasteiger partial charge in [0.25, 0.3) is 10.0 Å². The van der Waals surface area contributed by atoms with E-state index in [0.717, 1.165) is 28.1 Å². The van der Waals surface area contributed by atoms with Crippen LogP contribution in [0.25, 0.3) is 11.1 Å². The van der Waals surface area contributed by atoms with Crippen molar-refractivity contribution >= 4 is 31.6 Å². The fourth-order valence-corrected chi connectivity index (χ4v) is 6.86. The van der Waals surface area contributed by atoms with Crippen LogP contribution in [-0.4, -0.2) is 51.0 Å². The molecule has 0 bridgehead atoms. The first-order valence-electron chi connectivity index (χ1n) is 11.9. The van der Waals surface area contributed by atoms with Gasteiger partial charge in [-0.1, -0.05) is 58.9 Å². The van der Waals surface area contributed by atoms with E-state index in [9.17, 15) is 8.42 Å². The van der Waals surface area contributed by atoms with E-state index in [-0.39, 0.29) is 17.6 Å². The van der Waals surface area contributed by atoms with Crippen molar-refractivity contribution in [3.8, 4) is 11.1 Å². The molecule has 1 unspecified atom stereocenters. The number of halogens is 1. The van der Waals surface area contributed by atoms with Crippen LogP contribution in [0.5, 0.6) is 0 Å². The van der Waals surface area contributed by atoms with Crippen LogP contribution in [-0.2, 0) is 37.1 Å². The largest absolute Gasteiger partial charge is 0.364 e. The zero-order valence-corrected chi connectivity index (χ0v) is 23.2. The molecule has 4 aromatic rings. The van der Waals surface area contributed by atoms with Crippen LogP contribution >= 0.6 is 15.9 Å². The number of fused-ring (bicyclic) bond motifs is 1. The SMILES string of the molecule is C=C(Br)CN(C1Cc2cc(-c3ccccc3)ccc2N(Cc2cn(C)cn2)C1)S(=O)(=O)c1cn(C)cn1. The molecule has 0 fully saturated rings. The van der Waals surface area contributed by atoms with Crippen molar-refractivity contribution in [2.75, 3.05) is 18.0 Å². The summed E-state index contributed by atoms with van der Waals surface area (Å²) in [5, 5.41) is 0.0314. The lowest BCUT2D eigenvalue weighted by atomic mass is 9.93. The van der Waals surface area contributed by atoms with E-state index >= 15 is 0 Å². The second-order valence-corrected chi connectivity index (χ2v) is 12.4. The summed E-state index contributed by atoms with van der Waals surface area (Å²) in [6.07, 6.45) is 7.38. The van der Waals surface area contributed by atoms with Crippen molar-refractivity contribution in [3.63, 3.8) is 0 Å². The van der Waals surface area contributed by atoms with Crippen LogP contribution in [0.15, 0.2) is 89.7 Å². The Morgan fingerprint density at radius 3 is 2.43 bits per heavy atom. The fraction of sp³-hybridized carbons (Fsp3) is 0.259. The standard InChI is InChI=1S/C27H29BrN6O2S/c1-20(28)13-34(37(35,36)27-17-32(3)19-30-27)25-12-23-11-22(21-7-5-4-6-8-21)9-10-26(23)33(16-25)15-24-14-31(2)18-29-24/h4-11,14,17-19,25H,1,12-13,15-16H2,2-3H3. The first-order chi connectivity index (χ1) is 17.7. The number of nitrogens with zero attached hydrogens (tertiary/aromatic N) is 6. The molecule has 0 amide bonds. The minimum absolute atomic E-state index is 0.0314. The van der Waals surface area contributed by atoms with Gasteiger partial charge in [-0.2, -0.15) is 4.31 Å². The van der Waals surface area contributed by atoms with Gasteiger partial charge in [0.15, 0.2) is 5.03 Å². The van der Waals surface area contributed by atoms with Crippen molar-refractivity contribution in [2.24, 2.45) is 14.1 Å². The van der Waals surface area contributed by atoms with Gasteiger partial charge in [-0.15, -0.1) is 0 Å². The summed E-state index contributed by atoms with van der Waals surface area (Å²) in [4.78, 5) is 10.9. The highest BCUT2D eigenvalue weighted by Gasteiger charge is 2.37. The maximum absolute atomic E-state index is 13.8. The molecule has 10 heteroatoms. The third-order valence-corrected chi connectivity index (χ3v) is 8.55. The molecule has 8 nitrogen and oxygen atoms in total. The topological polar surface area (TPSA) is 76.3 Å². The smallest absolute Gasteiger partial charge is 0.262 e. The van der Waals surface area contributed by atoms with Crippen LogP contribution in [0.4, 0.5) is 5.69 Å². The third kappa shape index (κ3) is 5.41. The summed E-state index contributed by atoms with van der Waals surface area (Å²) >= 11 is 3.40. The van der Waals surface area contributed by atoms with Crippen molar-refractivity contribution in [1.29, 1.82) is 0 Å². The van der Waals surface area contributed by atoms with Crippen LogP contribution in [0.1, 0.15) is 11.3 Å². The van der Waals surface area contributed by atoms with Gasteiger partial charge in [-0.25, -0.2) is 18.4 Å². The molecule has 1 aliphatic rings. The maximum atomic E-state index is 13.8. The second kappa shape index (κ2) is 10.3. The molecule has 5 rings (SSSR count). The fourth-order valence-electron chi connectivity index (χ4n) is 4.85. The highest BCUT2D eigenvalue weighted by atomic mass is 79.9. The Morgan fingerprint density at radius 2 is 1.78 bits per heavy atom. The van der Waals surface area contributed by atoms with Crippen molar-refractivity contribution in [3.05, 3.63) is 95.9 Å². The number of imidazole rings is 2. The van der Waals surface area contributed by atoms with Gasteiger partial charge in [-0.3, -0.25) is 0 Å². The Hall–Kier alpha value is -3.21. The van der Waals surface area contributed by atoms with E-state index in [1.165, 1.54) is 16.8 Å². The second-order valence-electron chi connectivity index (χ2n) is 9.42. The Morgan fingerprint density at radius 1 is 1.05 bits per heavy atom. The van der Waals surface area contributed by atoms with Gasteiger partial charge >= 0.3 is 0 Å². The minimum Gasteiger partial charge on any atom is -0.364 e. The van der Waals surface area contributed by atoms with E-state index in [1.54, 1.807) is 17.9 Å². The predicted molar refractivity (Wildman–Crippen MR) is 149 cm³/mol. The molecule has 0 N–H and O–H groups in total. The third-order valence-electron chi connectivity index (χ3n) is 6.51. The minimum atomic E-state index is -3.87. The molecule has 1 atom stereocenters. The van der Waals surface area contributed by atoms with Crippen LogP contribution < -0.4 is 4.90 Å². The molecule has 37 heavy (non-hydrogen) atoms. The van der Waals surface area contributed by atoms with E-state index < -0.39 is 10.0 Å². The van der Waals surface area contributed by atoms with E-state index in [0.29, 0.717) is 24.0 Å². The molecular weight excluding hydrogens is 552 g/mol. The lowest BCUT2D eigenvalue weighted by molar-refractivity contribution is 0.329. The molecule has 2 aromatic carbocycles. The molecule has 192 valence electrons. The number of hydrogen-bond acceptors (Lipinski definition) is 5.